The van der Waals surface area contributed by atoms with Gasteiger partial charge in [-0.1, -0.05) is 33.8 Å². The van der Waals surface area contributed by atoms with Gasteiger partial charge >= 0.3 is 5.97 Å². The van der Waals surface area contributed by atoms with Gasteiger partial charge in [0.15, 0.2) is 5.78 Å². The number of carboxylic acid groups (broad SMARTS) is 1. The maximum absolute atomic E-state index is 13.2. The SMILES string of the molecule is CCC(CC)n1c(Cc2cccs2)nc2cc(C(=O)C[C@@H](CC(C)C)[C@H](O)CC(=O)O)ccc21. The number of aliphatic hydroxyl groups is 1. The zero-order valence-electron chi connectivity index (χ0n) is 20.5. The number of hydrogen-bond donors (Lipinski definition) is 2. The van der Waals surface area contributed by atoms with Crippen LogP contribution in [0.4, 0.5) is 0 Å². The number of aliphatic carboxylic acids is 1. The summed E-state index contributed by atoms with van der Waals surface area (Å²) in [7, 11) is 0. The van der Waals surface area contributed by atoms with Crippen molar-refractivity contribution in [2.24, 2.45) is 11.8 Å². The number of carbonyl (C=O) groups excluding carboxylic acids is 1. The summed E-state index contributed by atoms with van der Waals surface area (Å²) in [5.41, 5.74) is 2.39. The van der Waals surface area contributed by atoms with Crippen LogP contribution >= 0.6 is 11.3 Å². The van der Waals surface area contributed by atoms with E-state index in [0.29, 0.717) is 18.0 Å². The van der Waals surface area contributed by atoms with Crippen LogP contribution in [0.1, 0.15) is 86.9 Å². The minimum atomic E-state index is -1.06. The van der Waals surface area contributed by atoms with E-state index in [2.05, 4.69) is 29.9 Å². The highest BCUT2D eigenvalue weighted by molar-refractivity contribution is 7.09. The summed E-state index contributed by atoms with van der Waals surface area (Å²) >= 11 is 1.72. The molecule has 6 nitrogen and oxygen atoms in total. The molecule has 7 heteroatoms. The molecule has 34 heavy (non-hydrogen) atoms. The van der Waals surface area contributed by atoms with Crippen LogP contribution in [-0.2, 0) is 11.2 Å². The van der Waals surface area contributed by atoms with E-state index in [-0.39, 0.29) is 24.5 Å². The van der Waals surface area contributed by atoms with E-state index in [0.717, 1.165) is 36.1 Å². The number of carbonyl (C=O) groups is 2. The molecular weight excluding hydrogens is 448 g/mol. The Morgan fingerprint density at radius 2 is 1.85 bits per heavy atom. The van der Waals surface area contributed by atoms with Gasteiger partial charge < -0.3 is 14.8 Å². The van der Waals surface area contributed by atoms with Crippen molar-refractivity contribution >= 4 is 34.1 Å². The molecule has 2 heterocycles. The number of rotatable bonds is 13. The third kappa shape index (κ3) is 6.33. The van der Waals surface area contributed by atoms with E-state index in [1.165, 1.54) is 4.88 Å². The van der Waals surface area contributed by atoms with E-state index in [9.17, 15) is 14.7 Å². The monoisotopic (exact) mass is 484 g/mol. The number of benzene rings is 1. The van der Waals surface area contributed by atoms with E-state index < -0.39 is 18.0 Å². The van der Waals surface area contributed by atoms with Crippen LogP contribution in [0, 0.1) is 11.8 Å². The highest BCUT2D eigenvalue weighted by Gasteiger charge is 2.26. The second-order valence-electron chi connectivity index (χ2n) is 9.51. The fraction of sp³-hybridized carbons (Fsp3) is 0.519. The van der Waals surface area contributed by atoms with Crippen LogP contribution in [0.25, 0.3) is 11.0 Å². The van der Waals surface area contributed by atoms with Gasteiger partial charge in [0, 0.05) is 29.3 Å². The molecule has 184 valence electrons. The maximum Gasteiger partial charge on any atom is 0.305 e. The fourth-order valence-corrected chi connectivity index (χ4v) is 5.46. The molecule has 0 radical (unpaired) electrons. The molecule has 3 aromatic rings. The third-order valence-electron chi connectivity index (χ3n) is 6.45. The first kappa shape index (κ1) is 26.1. The van der Waals surface area contributed by atoms with Crippen molar-refractivity contribution in [3.8, 4) is 0 Å². The standard InChI is InChI=1S/C27H36N2O4S/c1-5-20(6-2)29-23-10-9-18(13-22(23)28-26(29)15-21-8-7-11-34-21)24(30)14-19(12-17(3)4)25(31)16-27(32)33/h7-11,13,17,19-20,25,31H,5-6,12,14-16H2,1-4H3,(H,32,33)/t19-,25-/m1/s1. The Labute approximate surface area is 205 Å². The first-order valence-corrected chi connectivity index (χ1v) is 13.1. The summed E-state index contributed by atoms with van der Waals surface area (Å²) in [6.07, 6.45) is 2.07. The van der Waals surface area contributed by atoms with Gasteiger partial charge in [0.05, 0.1) is 23.6 Å². The lowest BCUT2D eigenvalue weighted by Gasteiger charge is -2.23. The molecule has 2 N–H and O–H groups in total. The first-order valence-electron chi connectivity index (χ1n) is 12.2. The maximum atomic E-state index is 13.2. The number of Topliss-reactive ketones (excluding diaryl/α,β-unsaturated/α-hetero) is 1. The summed E-state index contributed by atoms with van der Waals surface area (Å²) in [5.74, 6) is -0.283. The average molecular weight is 485 g/mol. The fourth-order valence-electron chi connectivity index (χ4n) is 4.76. The van der Waals surface area contributed by atoms with Crippen LogP contribution in [-0.4, -0.2) is 37.6 Å². The molecule has 0 fully saturated rings. The number of fused-ring (bicyclic) bond motifs is 1. The van der Waals surface area contributed by atoms with Gasteiger partial charge in [0.2, 0.25) is 0 Å². The largest absolute Gasteiger partial charge is 0.481 e. The predicted molar refractivity (Wildman–Crippen MR) is 137 cm³/mol. The molecule has 0 aliphatic rings. The second kappa shape index (κ2) is 11.8. The number of nitrogens with zero attached hydrogens (tertiary/aromatic N) is 2. The number of hydrogen-bond acceptors (Lipinski definition) is 5. The molecule has 0 saturated heterocycles. The van der Waals surface area contributed by atoms with Gasteiger partial charge in [0.25, 0.3) is 0 Å². The molecule has 0 saturated carbocycles. The Morgan fingerprint density at radius 1 is 1.12 bits per heavy atom. The highest BCUT2D eigenvalue weighted by atomic mass is 32.1. The van der Waals surface area contributed by atoms with E-state index >= 15 is 0 Å². The molecule has 3 rings (SSSR count). The quantitative estimate of drug-likeness (QED) is 0.285. The zero-order chi connectivity index (χ0) is 24.8. The summed E-state index contributed by atoms with van der Waals surface area (Å²) in [6.45, 7) is 8.39. The van der Waals surface area contributed by atoms with Crippen molar-refractivity contribution in [2.45, 2.75) is 78.4 Å². The molecule has 0 aliphatic heterocycles. The lowest BCUT2D eigenvalue weighted by Crippen LogP contribution is -2.27. The summed E-state index contributed by atoms with van der Waals surface area (Å²) in [5, 5.41) is 21.6. The first-order chi connectivity index (χ1) is 16.2. The van der Waals surface area contributed by atoms with E-state index in [4.69, 9.17) is 10.1 Å². The van der Waals surface area contributed by atoms with Crippen LogP contribution in [0.5, 0.6) is 0 Å². The summed E-state index contributed by atoms with van der Waals surface area (Å²) in [6, 6.07) is 10.2. The number of carboxylic acids is 1. The average Bonchev–Trinajstić information content (AvgIpc) is 3.41. The molecule has 0 unspecified atom stereocenters. The second-order valence-corrected chi connectivity index (χ2v) is 10.5. The van der Waals surface area contributed by atoms with Gasteiger partial charge in [-0.2, -0.15) is 0 Å². The Morgan fingerprint density at radius 3 is 2.44 bits per heavy atom. The Bertz CT molecular complexity index is 1100. The molecule has 2 atom stereocenters. The van der Waals surface area contributed by atoms with Gasteiger partial charge in [-0.05, 0) is 60.7 Å². The van der Waals surface area contributed by atoms with Crippen molar-refractivity contribution in [1.82, 2.24) is 9.55 Å². The minimum Gasteiger partial charge on any atom is -0.481 e. The lowest BCUT2D eigenvalue weighted by atomic mass is 9.85. The van der Waals surface area contributed by atoms with Gasteiger partial charge in [-0.15, -0.1) is 11.3 Å². The lowest BCUT2D eigenvalue weighted by molar-refractivity contribution is -0.140. The smallest absolute Gasteiger partial charge is 0.305 e. The minimum absolute atomic E-state index is 0.0890. The Balaban J connectivity index is 1.92. The number of aliphatic hydroxyl groups excluding tert-OH is 1. The van der Waals surface area contributed by atoms with Gasteiger partial charge in [0.1, 0.15) is 5.82 Å². The van der Waals surface area contributed by atoms with Crippen molar-refractivity contribution in [1.29, 1.82) is 0 Å². The van der Waals surface area contributed by atoms with Crippen LogP contribution < -0.4 is 0 Å². The van der Waals surface area contributed by atoms with Gasteiger partial charge in [-0.3, -0.25) is 9.59 Å². The number of thiophene rings is 1. The van der Waals surface area contributed by atoms with Crippen LogP contribution in [0.2, 0.25) is 0 Å². The summed E-state index contributed by atoms with van der Waals surface area (Å²) in [4.78, 5) is 30.5. The topological polar surface area (TPSA) is 92.4 Å². The molecule has 0 amide bonds. The normalized spacial score (nSPS) is 13.6. The Hall–Kier alpha value is -2.51. The highest BCUT2D eigenvalue weighted by Crippen LogP contribution is 2.30. The molecule has 2 aromatic heterocycles. The van der Waals surface area contributed by atoms with E-state index in [1.807, 2.05) is 38.1 Å². The molecular formula is C27H36N2O4S. The number of imidazole rings is 1. The van der Waals surface area contributed by atoms with E-state index in [1.54, 1.807) is 11.3 Å². The molecule has 0 bridgehead atoms. The van der Waals surface area contributed by atoms with Crippen LogP contribution in [0.15, 0.2) is 35.7 Å². The predicted octanol–water partition coefficient (Wildman–Crippen LogP) is 6.12. The molecule has 1 aromatic carbocycles. The van der Waals surface area contributed by atoms with Crippen LogP contribution in [0.3, 0.4) is 0 Å². The molecule has 0 spiro atoms. The summed E-state index contributed by atoms with van der Waals surface area (Å²) < 4.78 is 2.32. The number of ketones is 1. The Kier molecular flexibility index (Phi) is 9.03. The number of aromatic nitrogens is 2. The van der Waals surface area contributed by atoms with Crippen molar-refractivity contribution < 1.29 is 19.8 Å². The zero-order valence-corrected chi connectivity index (χ0v) is 21.3. The molecule has 0 aliphatic carbocycles. The van der Waals surface area contributed by atoms with Gasteiger partial charge in [-0.25, -0.2) is 4.98 Å². The third-order valence-corrected chi connectivity index (χ3v) is 7.33. The van der Waals surface area contributed by atoms with Crippen molar-refractivity contribution in [3.63, 3.8) is 0 Å². The van der Waals surface area contributed by atoms with Crippen molar-refractivity contribution in [2.75, 3.05) is 0 Å². The van der Waals surface area contributed by atoms with Crippen molar-refractivity contribution in [3.05, 3.63) is 52.0 Å².